The first kappa shape index (κ1) is 32.0. The third-order valence-corrected chi connectivity index (χ3v) is 4.41. The Balaban J connectivity index is 2.03. The number of carbonyl (C=O) groups excluding carboxylic acids is 4. The number of hydrogen-bond acceptors (Lipinski definition) is 10. The minimum absolute atomic E-state index is 0.0261. The second-order valence-electron chi connectivity index (χ2n) is 7.81. The first-order valence-corrected chi connectivity index (χ1v) is 11.9. The second kappa shape index (κ2) is 19.1. The molecule has 0 aliphatic rings. The summed E-state index contributed by atoms with van der Waals surface area (Å²) in [4.78, 5) is 45.5. The van der Waals surface area contributed by atoms with E-state index in [0.717, 1.165) is 5.56 Å². The van der Waals surface area contributed by atoms with E-state index >= 15 is 0 Å². The zero-order valence-electron chi connectivity index (χ0n) is 21.9. The molecule has 0 saturated heterocycles. The molecule has 0 heterocycles. The Kier molecular flexibility index (Phi) is 16.1. The Morgan fingerprint density at radius 1 is 0.658 bits per heavy atom. The van der Waals surface area contributed by atoms with Gasteiger partial charge < -0.3 is 39.1 Å². The van der Waals surface area contributed by atoms with E-state index in [1.54, 1.807) is 19.1 Å². The maximum Gasteiger partial charge on any atom is 0.407 e. The maximum absolute atomic E-state index is 11.6. The van der Waals surface area contributed by atoms with Gasteiger partial charge in [-0.05, 0) is 31.5 Å². The van der Waals surface area contributed by atoms with E-state index < -0.39 is 24.1 Å². The number of benzene rings is 1. The lowest BCUT2D eigenvalue weighted by molar-refractivity contribution is -0.139. The molecule has 0 fully saturated rings. The van der Waals surface area contributed by atoms with Crippen molar-refractivity contribution in [3.63, 3.8) is 0 Å². The summed E-state index contributed by atoms with van der Waals surface area (Å²) < 4.78 is 30.7. The van der Waals surface area contributed by atoms with Crippen LogP contribution in [0.15, 0.2) is 48.6 Å². The minimum Gasteiger partial charge on any atom is -0.491 e. The van der Waals surface area contributed by atoms with Gasteiger partial charge in [-0.3, -0.25) is 0 Å². The monoisotopic (exact) mass is 536 g/mol. The number of ether oxygens (including phenoxy) is 6. The van der Waals surface area contributed by atoms with E-state index in [9.17, 15) is 19.2 Å². The standard InChI is InChI=1S/C26H36N2O10/c1-19(2)23(29)35-13-10-27-25(31)37-12-9-21-5-7-22(8-6-21)34-17-15-33-16-18-38-26(32)28-11-14-36-24(30)20(3)4/h5-8H,1,3,9-18H2,2,4H3,(H,27,31)(H,28,32). The zero-order chi connectivity index (χ0) is 28.2. The van der Waals surface area contributed by atoms with Crippen LogP contribution in [0.5, 0.6) is 5.75 Å². The van der Waals surface area contributed by atoms with E-state index in [2.05, 4.69) is 23.8 Å². The normalized spacial score (nSPS) is 10.1. The number of alkyl carbamates (subject to hydrolysis) is 2. The van der Waals surface area contributed by atoms with Crippen LogP contribution in [0.25, 0.3) is 0 Å². The molecule has 0 aromatic heterocycles. The van der Waals surface area contributed by atoms with Crippen LogP contribution in [0.4, 0.5) is 9.59 Å². The van der Waals surface area contributed by atoms with Crippen LogP contribution < -0.4 is 15.4 Å². The van der Waals surface area contributed by atoms with Gasteiger partial charge >= 0.3 is 24.1 Å². The van der Waals surface area contributed by atoms with E-state index in [4.69, 9.17) is 28.4 Å². The number of esters is 2. The zero-order valence-corrected chi connectivity index (χ0v) is 21.9. The number of hydrogen-bond donors (Lipinski definition) is 2. The second-order valence-corrected chi connectivity index (χ2v) is 7.81. The highest BCUT2D eigenvalue weighted by Gasteiger charge is 2.06. The van der Waals surface area contributed by atoms with Gasteiger partial charge in [0.25, 0.3) is 0 Å². The molecular formula is C26H36N2O10. The van der Waals surface area contributed by atoms with Crippen molar-refractivity contribution in [2.75, 3.05) is 59.3 Å². The summed E-state index contributed by atoms with van der Waals surface area (Å²) in [6, 6.07) is 7.32. The fourth-order valence-electron chi connectivity index (χ4n) is 2.47. The van der Waals surface area contributed by atoms with Crippen molar-refractivity contribution in [1.29, 1.82) is 0 Å². The first-order chi connectivity index (χ1) is 18.2. The molecule has 38 heavy (non-hydrogen) atoms. The predicted molar refractivity (Wildman–Crippen MR) is 137 cm³/mol. The first-order valence-electron chi connectivity index (χ1n) is 11.9. The number of carbonyl (C=O) groups is 4. The van der Waals surface area contributed by atoms with Crippen molar-refractivity contribution in [2.24, 2.45) is 0 Å². The summed E-state index contributed by atoms with van der Waals surface area (Å²) in [5.41, 5.74) is 1.54. The molecule has 2 amide bonds. The molecule has 2 N–H and O–H groups in total. The summed E-state index contributed by atoms with van der Waals surface area (Å²) in [7, 11) is 0. The van der Waals surface area contributed by atoms with Gasteiger partial charge in [-0.15, -0.1) is 0 Å². The molecule has 0 radical (unpaired) electrons. The van der Waals surface area contributed by atoms with Crippen molar-refractivity contribution >= 4 is 24.1 Å². The smallest absolute Gasteiger partial charge is 0.407 e. The third-order valence-electron chi connectivity index (χ3n) is 4.41. The Morgan fingerprint density at radius 3 is 1.68 bits per heavy atom. The lowest BCUT2D eigenvalue weighted by Gasteiger charge is -2.10. The van der Waals surface area contributed by atoms with Crippen molar-refractivity contribution < 1.29 is 47.6 Å². The molecule has 0 atom stereocenters. The van der Waals surface area contributed by atoms with Gasteiger partial charge in [-0.25, -0.2) is 19.2 Å². The van der Waals surface area contributed by atoms with Crippen molar-refractivity contribution in [3.8, 4) is 5.75 Å². The summed E-state index contributed by atoms with van der Waals surface area (Å²) >= 11 is 0. The Morgan fingerprint density at radius 2 is 1.16 bits per heavy atom. The summed E-state index contributed by atoms with van der Waals surface area (Å²) in [6.45, 7) is 11.4. The van der Waals surface area contributed by atoms with Crippen molar-refractivity contribution in [1.82, 2.24) is 10.6 Å². The molecule has 1 rings (SSSR count). The van der Waals surface area contributed by atoms with Gasteiger partial charge in [0.15, 0.2) is 0 Å². The quantitative estimate of drug-likeness (QED) is 0.124. The molecule has 0 saturated carbocycles. The number of amides is 2. The molecule has 0 bridgehead atoms. The van der Waals surface area contributed by atoms with Gasteiger partial charge in [0.1, 0.15) is 32.2 Å². The van der Waals surface area contributed by atoms with Gasteiger partial charge in [-0.1, -0.05) is 25.3 Å². The van der Waals surface area contributed by atoms with Crippen LogP contribution in [-0.4, -0.2) is 83.5 Å². The largest absolute Gasteiger partial charge is 0.491 e. The third kappa shape index (κ3) is 15.8. The van der Waals surface area contributed by atoms with Crippen LogP contribution in [-0.2, 0) is 39.7 Å². The molecule has 210 valence electrons. The Hall–Kier alpha value is -4.06. The van der Waals surface area contributed by atoms with Gasteiger partial charge in [-0.2, -0.15) is 0 Å². The highest BCUT2D eigenvalue weighted by molar-refractivity contribution is 5.87. The molecular weight excluding hydrogens is 500 g/mol. The van der Waals surface area contributed by atoms with Crippen molar-refractivity contribution in [2.45, 2.75) is 20.3 Å². The van der Waals surface area contributed by atoms with Crippen LogP contribution in [0.3, 0.4) is 0 Å². The van der Waals surface area contributed by atoms with Gasteiger partial charge in [0.2, 0.25) is 0 Å². The van der Waals surface area contributed by atoms with Gasteiger partial charge in [0, 0.05) is 17.6 Å². The lowest BCUT2D eigenvalue weighted by Crippen LogP contribution is -2.29. The fraction of sp³-hybridized carbons (Fsp3) is 0.462. The molecule has 1 aromatic carbocycles. The van der Waals surface area contributed by atoms with E-state index in [1.807, 2.05) is 12.1 Å². The van der Waals surface area contributed by atoms with E-state index in [0.29, 0.717) is 31.0 Å². The topological polar surface area (TPSA) is 148 Å². The molecule has 0 aliphatic heterocycles. The van der Waals surface area contributed by atoms with Crippen LogP contribution in [0, 0.1) is 0 Å². The highest BCUT2D eigenvalue weighted by atomic mass is 16.6. The van der Waals surface area contributed by atoms with Crippen LogP contribution >= 0.6 is 0 Å². The van der Waals surface area contributed by atoms with Gasteiger partial charge in [0.05, 0.1) is 32.9 Å². The summed E-state index contributed by atoms with van der Waals surface area (Å²) in [5, 5.41) is 4.94. The molecule has 12 heteroatoms. The van der Waals surface area contributed by atoms with Crippen molar-refractivity contribution in [3.05, 3.63) is 54.1 Å². The highest BCUT2D eigenvalue weighted by Crippen LogP contribution is 2.12. The maximum atomic E-state index is 11.6. The van der Waals surface area contributed by atoms with E-state index in [1.165, 1.54) is 6.92 Å². The SMILES string of the molecule is C=C(C)C(=O)OCCNC(=O)OCCOCCOc1ccc(CCOC(=O)NCCOC(=O)C(=C)C)cc1. The predicted octanol–water partition coefficient (Wildman–Crippen LogP) is 2.32. The number of rotatable bonds is 18. The van der Waals surface area contributed by atoms with E-state index in [-0.39, 0.29) is 51.7 Å². The lowest BCUT2D eigenvalue weighted by atomic mass is 10.1. The Labute approximate surface area is 222 Å². The summed E-state index contributed by atoms with van der Waals surface area (Å²) in [5.74, 6) is -0.369. The molecule has 12 nitrogen and oxygen atoms in total. The molecule has 0 aliphatic carbocycles. The molecule has 1 aromatic rings. The van der Waals surface area contributed by atoms with Crippen LogP contribution in [0.1, 0.15) is 19.4 Å². The minimum atomic E-state index is -0.635. The summed E-state index contributed by atoms with van der Waals surface area (Å²) in [6.07, 6.45) is -0.706. The average molecular weight is 537 g/mol. The molecule has 0 unspecified atom stereocenters. The average Bonchev–Trinajstić information content (AvgIpc) is 2.88. The fourth-order valence-corrected chi connectivity index (χ4v) is 2.47. The molecule has 0 spiro atoms. The Bertz CT molecular complexity index is 930. The van der Waals surface area contributed by atoms with Crippen LogP contribution in [0.2, 0.25) is 0 Å². The number of nitrogens with one attached hydrogen (secondary N) is 2.